The van der Waals surface area contributed by atoms with Crippen LogP contribution in [0.4, 0.5) is 39.5 Å². The van der Waals surface area contributed by atoms with E-state index in [2.05, 4.69) is 0 Å². The molecule has 10 heteroatoms. The van der Waals surface area contributed by atoms with Gasteiger partial charge in [0.05, 0.1) is 6.26 Å². The van der Waals surface area contributed by atoms with Crippen LogP contribution in [0.3, 0.4) is 0 Å². The molecule has 1 unspecified atom stereocenters. The van der Waals surface area contributed by atoms with Gasteiger partial charge in [-0.1, -0.05) is 17.7 Å². The van der Waals surface area contributed by atoms with Gasteiger partial charge in [-0.25, -0.2) is 4.39 Å². The van der Waals surface area contributed by atoms with Gasteiger partial charge in [0.2, 0.25) is 0 Å². The van der Waals surface area contributed by atoms with Crippen molar-refractivity contribution in [2.24, 2.45) is 0 Å². The van der Waals surface area contributed by atoms with E-state index in [1.54, 1.807) is 0 Å². The molecule has 0 radical (unpaired) electrons. The summed E-state index contributed by atoms with van der Waals surface area (Å²) in [6.45, 7) is 2.29. The zero-order valence-corrected chi connectivity index (χ0v) is 13.2. The fourth-order valence-electron chi connectivity index (χ4n) is 2.68. The lowest BCUT2D eigenvalue weighted by molar-refractivity contribution is -0.389. The van der Waals surface area contributed by atoms with Crippen LogP contribution in [0.1, 0.15) is 16.7 Å². The first-order valence-electron chi connectivity index (χ1n) is 7.00. The summed E-state index contributed by atoms with van der Waals surface area (Å²) in [5, 5.41) is 0. The van der Waals surface area contributed by atoms with E-state index in [-0.39, 0.29) is 11.1 Å². The highest BCUT2D eigenvalue weighted by molar-refractivity contribution is 5.69. The van der Waals surface area contributed by atoms with Gasteiger partial charge in [-0.2, -0.15) is 35.1 Å². The summed E-state index contributed by atoms with van der Waals surface area (Å²) in [4.78, 5) is 0. The van der Waals surface area contributed by atoms with E-state index < -0.39 is 40.8 Å². The Kier molecular flexibility index (Phi) is 4.62. The normalized spacial score (nSPS) is 15.8. The Balaban J connectivity index is 2.97. The summed E-state index contributed by atoms with van der Waals surface area (Å²) >= 11 is 0. The number of furan rings is 1. The molecule has 0 N–H and O–H groups in total. The second kappa shape index (κ2) is 5.95. The fourth-order valence-corrected chi connectivity index (χ4v) is 2.68. The van der Waals surface area contributed by atoms with Crippen molar-refractivity contribution in [1.29, 1.82) is 0 Å². The first kappa shape index (κ1) is 20.2. The Morgan fingerprint density at radius 3 is 1.81 bits per heavy atom. The second-order valence-electron chi connectivity index (χ2n) is 5.71. The van der Waals surface area contributed by atoms with Crippen LogP contribution >= 0.6 is 0 Å². The molecule has 1 heterocycles. The molecule has 0 bridgehead atoms. The Bertz CT molecular complexity index is 787. The van der Waals surface area contributed by atoms with Crippen LogP contribution in [0.2, 0.25) is 0 Å². The van der Waals surface area contributed by atoms with Crippen molar-refractivity contribution in [2.75, 3.05) is 0 Å². The minimum absolute atomic E-state index is 0.128. The van der Waals surface area contributed by atoms with Gasteiger partial charge in [-0.3, -0.25) is 0 Å². The first-order chi connectivity index (χ1) is 11.6. The number of halogens is 9. The molecule has 1 atom stereocenters. The van der Waals surface area contributed by atoms with E-state index in [1.807, 2.05) is 0 Å². The first-order valence-corrected chi connectivity index (χ1v) is 7.00. The van der Waals surface area contributed by atoms with E-state index in [0.29, 0.717) is 6.07 Å². The Morgan fingerprint density at radius 2 is 1.38 bits per heavy atom. The van der Waals surface area contributed by atoms with Gasteiger partial charge in [-0.05, 0) is 31.5 Å². The molecule has 2 aromatic rings. The molecule has 2 rings (SSSR count). The zero-order chi connectivity index (χ0) is 20.1. The van der Waals surface area contributed by atoms with Crippen molar-refractivity contribution in [2.45, 2.75) is 37.8 Å². The molecule has 1 nitrogen and oxygen atoms in total. The van der Waals surface area contributed by atoms with Gasteiger partial charge >= 0.3 is 23.9 Å². The molecule has 144 valence electrons. The number of hydrogen-bond acceptors (Lipinski definition) is 1. The van der Waals surface area contributed by atoms with Crippen LogP contribution in [0.15, 0.2) is 34.9 Å². The summed E-state index contributed by atoms with van der Waals surface area (Å²) in [6.07, 6.45) is -12.4. The van der Waals surface area contributed by atoms with E-state index in [9.17, 15) is 39.5 Å². The van der Waals surface area contributed by atoms with Crippen LogP contribution in [-0.2, 0) is 5.67 Å². The molecule has 1 aromatic heterocycles. The minimum atomic E-state index is -6.78. The standard InChI is InChI=1S/C16H11F9O/c1-8-6-9(2)12(11-4-3-5-26-11)10(7-8)13(17,15(20,21)22)14(18,19)16(23,24)25/h3-7H,1-2H3. The highest BCUT2D eigenvalue weighted by Gasteiger charge is 2.82. The predicted octanol–water partition coefficient (Wildman–Crippen LogP) is 6.49. The molecule has 0 amide bonds. The van der Waals surface area contributed by atoms with Crippen LogP contribution in [0.25, 0.3) is 11.3 Å². The lowest BCUT2D eigenvalue weighted by Gasteiger charge is -2.37. The summed E-state index contributed by atoms with van der Waals surface area (Å²) in [7, 11) is 0. The third kappa shape index (κ3) is 2.84. The minimum Gasteiger partial charge on any atom is -0.464 e. The Labute approximate surface area is 141 Å². The highest BCUT2D eigenvalue weighted by atomic mass is 19.4. The maximum atomic E-state index is 14.9. The van der Waals surface area contributed by atoms with Crippen molar-refractivity contribution in [1.82, 2.24) is 0 Å². The highest BCUT2D eigenvalue weighted by Crippen LogP contribution is 2.60. The maximum Gasteiger partial charge on any atom is 0.457 e. The van der Waals surface area contributed by atoms with Crippen LogP contribution < -0.4 is 0 Å². The van der Waals surface area contributed by atoms with Crippen LogP contribution in [-0.4, -0.2) is 18.3 Å². The van der Waals surface area contributed by atoms with Gasteiger partial charge in [0.15, 0.2) is 0 Å². The lowest BCUT2D eigenvalue weighted by atomic mass is 9.81. The number of benzene rings is 1. The van der Waals surface area contributed by atoms with E-state index in [4.69, 9.17) is 4.42 Å². The molecule has 0 aliphatic heterocycles. The third-order valence-corrected chi connectivity index (χ3v) is 3.80. The zero-order valence-electron chi connectivity index (χ0n) is 13.2. The number of rotatable bonds is 3. The quantitative estimate of drug-likeness (QED) is 0.546. The lowest BCUT2D eigenvalue weighted by Crippen LogP contribution is -2.60. The molecule has 0 aliphatic carbocycles. The summed E-state index contributed by atoms with van der Waals surface area (Å²) in [5.74, 6) is -7.21. The molecule has 0 fully saturated rings. The molecular formula is C16H11F9O. The van der Waals surface area contributed by atoms with E-state index >= 15 is 0 Å². The largest absolute Gasteiger partial charge is 0.464 e. The molecule has 26 heavy (non-hydrogen) atoms. The number of hydrogen-bond donors (Lipinski definition) is 0. The maximum absolute atomic E-state index is 14.9. The SMILES string of the molecule is Cc1cc(C)c(-c2ccco2)c(C(F)(C(F)(F)F)C(F)(F)C(F)(F)F)c1. The number of aryl methyl sites for hydroxylation is 2. The van der Waals surface area contributed by atoms with Crippen molar-refractivity contribution >= 4 is 0 Å². The third-order valence-electron chi connectivity index (χ3n) is 3.80. The topological polar surface area (TPSA) is 13.1 Å². The van der Waals surface area contributed by atoms with E-state index in [0.717, 1.165) is 26.2 Å². The summed E-state index contributed by atoms with van der Waals surface area (Å²) < 4.78 is 125. The Hall–Kier alpha value is -2.13. The van der Waals surface area contributed by atoms with Crippen molar-refractivity contribution in [3.63, 3.8) is 0 Å². The van der Waals surface area contributed by atoms with Gasteiger partial charge in [-0.15, -0.1) is 0 Å². The molecular weight excluding hydrogens is 379 g/mol. The average molecular weight is 390 g/mol. The van der Waals surface area contributed by atoms with Crippen LogP contribution in [0, 0.1) is 13.8 Å². The monoisotopic (exact) mass is 390 g/mol. The van der Waals surface area contributed by atoms with Crippen molar-refractivity contribution < 1.29 is 43.9 Å². The molecule has 0 spiro atoms. The second-order valence-corrected chi connectivity index (χ2v) is 5.71. The fraction of sp³-hybridized carbons (Fsp3) is 0.375. The predicted molar refractivity (Wildman–Crippen MR) is 73.5 cm³/mol. The van der Waals surface area contributed by atoms with E-state index in [1.165, 1.54) is 12.1 Å². The summed E-state index contributed by atoms with van der Waals surface area (Å²) in [5.41, 5.74) is -8.97. The van der Waals surface area contributed by atoms with Crippen molar-refractivity contribution in [3.8, 4) is 11.3 Å². The Morgan fingerprint density at radius 1 is 0.808 bits per heavy atom. The van der Waals surface area contributed by atoms with Crippen LogP contribution in [0.5, 0.6) is 0 Å². The molecule has 1 aromatic carbocycles. The molecule has 0 saturated carbocycles. The smallest absolute Gasteiger partial charge is 0.457 e. The number of alkyl halides is 9. The van der Waals surface area contributed by atoms with Gasteiger partial charge in [0.25, 0.3) is 0 Å². The van der Waals surface area contributed by atoms with Gasteiger partial charge in [0.1, 0.15) is 5.76 Å². The van der Waals surface area contributed by atoms with Crippen molar-refractivity contribution in [3.05, 3.63) is 47.2 Å². The van der Waals surface area contributed by atoms with Gasteiger partial charge in [0, 0.05) is 11.1 Å². The molecule has 0 saturated heterocycles. The molecule has 0 aliphatic rings. The van der Waals surface area contributed by atoms with Gasteiger partial charge < -0.3 is 4.42 Å². The summed E-state index contributed by atoms with van der Waals surface area (Å²) in [6, 6.07) is 3.74. The average Bonchev–Trinajstić information content (AvgIpc) is 2.96.